The van der Waals surface area contributed by atoms with Gasteiger partial charge in [-0.25, -0.2) is 10.2 Å². The van der Waals surface area contributed by atoms with Crippen LogP contribution in [-0.2, 0) is 4.79 Å². The molecule has 0 heterocycles. The van der Waals surface area contributed by atoms with Crippen LogP contribution in [0, 0.1) is 17.8 Å². The van der Waals surface area contributed by atoms with Crippen molar-refractivity contribution >= 4 is 29.2 Å². The molecule has 0 aromatic heterocycles. The predicted octanol–water partition coefficient (Wildman–Crippen LogP) is 2.93. The van der Waals surface area contributed by atoms with Gasteiger partial charge in [-0.3, -0.25) is 10.2 Å². The number of carbonyl (C=O) groups is 2. The Morgan fingerprint density at radius 1 is 1.00 bits per heavy atom. The van der Waals surface area contributed by atoms with E-state index in [1.165, 1.54) is 12.8 Å². The Bertz CT molecular complexity index is 534. The number of carbonyl (C=O) groups excluding carboxylic acids is 2. The van der Waals surface area contributed by atoms with Crippen LogP contribution in [0.2, 0.25) is 5.02 Å². The van der Waals surface area contributed by atoms with Gasteiger partial charge < -0.3 is 5.32 Å². The van der Waals surface area contributed by atoms with E-state index in [-0.39, 0.29) is 11.8 Å². The maximum Gasteiger partial charge on any atom is 0.337 e. The first-order chi connectivity index (χ1) is 10.1. The van der Waals surface area contributed by atoms with E-state index in [1.54, 1.807) is 24.3 Å². The summed E-state index contributed by atoms with van der Waals surface area (Å²) in [7, 11) is 0. The molecule has 3 N–H and O–H groups in total. The normalized spacial score (nSPS) is 26.4. The number of hydrazine groups is 1. The second-order valence-electron chi connectivity index (χ2n) is 5.71. The van der Waals surface area contributed by atoms with E-state index in [0.717, 1.165) is 12.8 Å². The average molecular weight is 308 g/mol. The Labute approximate surface area is 128 Å². The molecule has 2 aliphatic rings. The molecule has 2 aliphatic carbocycles. The van der Waals surface area contributed by atoms with Crippen molar-refractivity contribution in [2.24, 2.45) is 17.8 Å². The molecule has 1 aromatic carbocycles. The smallest absolute Gasteiger partial charge is 0.307 e. The molecular weight excluding hydrogens is 290 g/mol. The van der Waals surface area contributed by atoms with Gasteiger partial charge in [0.1, 0.15) is 0 Å². The van der Waals surface area contributed by atoms with E-state index < -0.39 is 6.03 Å². The number of anilines is 1. The third-order valence-corrected chi connectivity index (χ3v) is 4.61. The molecule has 2 saturated carbocycles. The molecule has 5 nitrogen and oxygen atoms in total. The summed E-state index contributed by atoms with van der Waals surface area (Å²) in [5, 5.41) is 3.23. The highest BCUT2D eigenvalue weighted by molar-refractivity contribution is 6.30. The summed E-state index contributed by atoms with van der Waals surface area (Å²) in [6.45, 7) is 0. The maximum atomic E-state index is 12.0. The largest absolute Gasteiger partial charge is 0.337 e. The van der Waals surface area contributed by atoms with Gasteiger partial charge in [-0.2, -0.15) is 0 Å². The number of urea groups is 1. The van der Waals surface area contributed by atoms with Crippen molar-refractivity contribution in [1.82, 2.24) is 10.9 Å². The molecule has 3 amide bonds. The SMILES string of the molecule is O=C(NNC(=O)C1[C@@H]2CCCC[C@@H]12)Nc1ccc(Cl)cc1. The molecule has 2 fully saturated rings. The van der Waals surface area contributed by atoms with Gasteiger partial charge in [0, 0.05) is 16.6 Å². The minimum atomic E-state index is -0.464. The molecule has 2 atom stereocenters. The van der Waals surface area contributed by atoms with E-state index in [0.29, 0.717) is 22.5 Å². The van der Waals surface area contributed by atoms with Crippen LogP contribution in [0.25, 0.3) is 0 Å². The number of nitrogens with one attached hydrogen (secondary N) is 3. The number of rotatable bonds is 2. The van der Waals surface area contributed by atoms with Crippen LogP contribution < -0.4 is 16.2 Å². The van der Waals surface area contributed by atoms with Crippen molar-refractivity contribution in [2.45, 2.75) is 25.7 Å². The zero-order valence-corrected chi connectivity index (χ0v) is 12.3. The molecule has 0 spiro atoms. The summed E-state index contributed by atoms with van der Waals surface area (Å²) in [4.78, 5) is 23.7. The van der Waals surface area contributed by atoms with Crippen LogP contribution in [0.15, 0.2) is 24.3 Å². The van der Waals surface area contributed by atoms with Crippen molar-refractivity contribution in [3.05, 3.63) is 29.3 Å². The number of halogens is 1. The van der Waals surface area contributed by atoms with Gasteiger partial charge in [-0.05, 0) is 48.9 Å². The third kappa shape index (κ3) is 3.29. The van der Waals surface area contributed by atoms with Crippen molar-refractivity contribution < 1.29 is 9.59 Å². The number of benzene rings is 1. The highest BCUT2D eigenvalue weighted by Crippen LogP contribution is 2.55. The highest BCUT2D eigenvalue weighted by Gasteiger charge is 2.54. The summed E-state index contributed by atoms with van der Waals surface area (Å²) in [6, 6.07) is 6.29. The zero-order valence-electron chi connectivity index (χ0n) is 11.6. The summed E-state index contributed by atoms with van der Waals surface area (Å²) in [5.74, 6) is 1.07. The molecule has 3 rings (SSSR count). The Morgan fingerprint density at radius 2 is 1.62 bits per heavy atom. The zero-order chi connectivity index (χ0) is 14.8. The van der Waals surface area contributed by atoms with Crippen LogP contribution in [0.3, 0.4) is 0 Å². The summed E-state index contributed by atoms with van der Waals surface area (Å²) < 4.78 is 0. The summed E-state index contributed by atoms with van der Waals surface area (Å²) in [6.07, 6.45) is 4.71. The van der Waals surface area contributed by atoms with Gasteiger partial charge in [-0.15, -0.1) is 0 Å². The number of amides is 3. The Kier molecular flexibility index (Phi) is 4.01. The first-order valence-electron chi connectivity index (χ1n) is 7.27. The van der Waals surface area contributed by atoms with Crippen molar-refractivity contribution in [1.29, 1.82) is 0 Å². The summed E-state index contributed by atoms with van der Waals surface area (Å²) >= 11 is 5.77. The lowest BCUT2D eigenvalue weighted by atomic mass is 10.0. The fourth-order valence-electron chi connectivity index (χ4n) is 3.28. The van der Waals surface area contributed by atoms with Crippen LogP contribution >= 0.6 is 11.6 Å². The predicted molar refractivity (Wildman–Crippen MR) is 80.7 cm³/mol. The van der Waals surface area contributed by atoms with Gasteiger partial charge in [0.15, 0.2) is 0 Å². The van der Waals surface area contributed by atoms with Gasteiger partial charge in [0.25, 0.3) is 0 Å². The molecule has 21 heavy (non-hydrogen) atoms. The second kappa shape index (κ2) is 5.93. The first-order valence-corrected chi connectivity index (χ1v) is 7.65. The molecule has 0 unspecified atom stereocenters. The molecule has 0 bridgehead atoms. The molecule has 1 aromatic rings. The van der Waals surface area contributed by atoms with Gasteiger partial charge in [0.05, 0.1) is 0 Å². The van der Waals surface area contributed by atoms with Crippen LogP contribution in [0.4, 0.5) is 10.5 Å². The second-order valence-corrected chi connectivity index (χ2v) is 6.15. The molecular formula is C15H18ClN3O2. The van der Waals surface area contributed by atoms with E-state index in [9.17, 15) is 9.59 Å². The monoisotopic (exact) mass is 307 g/mol. The molecule has 0 aliphatic heterocycles. The Hall–Kier alpha value is -1.75. The molecule has 6 heteroatoms. The topological polar surface area (TPSA) is 70.2 Å². The Morgan fingerprint density at radius 3 is 2.24 bits per heavy atom. The highest BCUT2D eigenvalue weighted by atomic mass is 35.5. The van der Waals surface area contributed by atoms with Gasteiger partial charge in [-0.1, -0.05) is 24.4 Å². The minimum Gasteiger partial charge on any atom is -0.307 e. The fourth-order valence-corrected chi connectivity index (χ4v) is 3.40. The van der Waals surface area contributed by atoms with Crippen molar-refractivity contribution in [3.8, 4) is 0 Å². The van der Waals surface area contributed by atoms with Crippen LogP contribution in [-0.4, -0.2) is 11.9 Å². The standard InChI is InChI=1S/C15H18ClN3O2/c16-9-5-7-10(8-6-9)17-15(21)19-18-14(20)13-11-3-1-2-4-12(11)13/h5-8,11-13H,1-4H2,(H,18,20)(H2,17,19,21)/t11-,12-/m1/s1. The average Bonchev–Trinajstić information content (AvgIpc) is 3.22. The van der Waals surface area contributed by atoms with Gasteiger partial charge in [0.2, 0.25) is 5.91 Å². The molecule has 0 radical (unpaired) electrons. The number of hydrogen-bond donors (Lipinski definition) is 3. The maximum absolute atomic E-state index is 12.0. The van der Waals surface area contributed by atoms with Crippen molar-refractivity contribution in [2.75, 3.05) is 5.32 Å². The Balaban J connectivity index is 1.43. The number of fused-ring (bicyclic) bond motifs is 1. The number of hydrogen-bond acceptors (Lipinski definition) is 2. The lowest BCUT2D eigenvalue weighted by Crippen LogP contribution is -2.45. The lowest BCUT2D eigenvalue weighted by Gasteiger charge is -2.09. The van der Waals surface area contributed by atoms with Gasteiger partial charge >= 0.3 is 6.03 Å². The quantitative estimate of drug-likeness (QED) is 0.735. The van der Waals surface area contributed by atoms with E-state index in [4.69, 9.17) is 11.6 Å². The minimum absolute atomic E-state index is 0.0712. The molecule has 112 valence electrons. The van der Waals surface area contributed by atoms with E-state index in [1.807, 2.05) is 0 Å². The first kappa shape index (κ1) is 14.2. The van der Waals surface area contributed by atoms with Crippen molar-refractivity contribution in [3.63, 3.8) is 0 Å². The van der Waals surface area contributed by atoms with E-state index >= 15 is 0 Å². The van der Waals surface area contributed by atoms with Crippen LogP contribution in [0.5, 0.6) is 0 Å². The molecule has 0 saturated heterocycles. The summed E-state index contributed by atoms with van der Waals surface area (Å²) in [5.41, 5.74) is 5.52. The lowest BCUT2D eigenvalue weighted by molar-refractivity contribution is -0.123. The van der Waals surface area contributed by atoms with Crippen LogP contribution in [0.1, 0.15) is 25.7 Å². The third-order valence-electron chi connectivity index (χ3n) is 4.36. The van der Waals surface area contributed by atoms with E-state index in [2.05, 4.69) is 16.2 Å². The fraction of sp³-hybridized carbons (Fsp3) is 0.467.